The number of aryl methyl sites for hydroxylation is 1. The van der Waals surface area contributed by atoms with Gasteiger partial charge in [-0.05, 0) is 52.0 Å². The van der Waals surface area contributed by atoms with Gasteiger partial charge in [0.05, 0.1) is 6.61 Å². The molecule has 0 atom stereocenters. The standard InChI is InChI=1S/C17H28N2O2/c1-13-15(11-18-17(2,3)4)5-6-16(19-13)21-12-14-7-9-20-10-8-14/h5-6,14,18H,7-12H2,1-4H3. The molecule has 0 unspecified atom stereocenters. The monoisotopic (exact) mass is 292 g/mol. The minimum absolute atomic E-state index is 0.116. The number of aromatic nitrogens is 1. The Bertz CT molecular complexity index is 449. The Labute approximate surface area is 128 Å². The van der Waals surface area contributed by atoms with Crippen molar-refractivity contribution in [3.05, 3.63) is 23.4 Å². The number of nitrogens with zero attached hydrogens (tertiary/aromatic N) is 1. The summed E-state index contributed by atoms with van der Waals surface area (Å²) in [5, 5.41) is 3.49. The number of hydrogen-bond acceptors (Lipinski definition) is 4. The van der Waals surface area contributed by atoms with Crippen molar-refractivity contribution in [1.82, 2.24) is 10.3 Å². The molecule has 2 rings (SSSR count). The molecule has 1 aromatic heterocycles. The summed E-state index contributed by atoms with van der Waals surface area (Å²) in [6.45, 7) is 11.8. The largest absolute Gasteiger partial charge is 0.477 e. The second-order valence-electron chi connectivity index (χ2n) is 6.86. The van der Waals surface area contributed by atoms with Crippen LogP contribution in [-0.4, -0.2) is 30.3 Å². The van der Waals surface area contributed by atoms with Gasteiger partial charge in [-0.15, -0.1) is 0 Å². The first-order chi connectivity index (χ1) is 9.94. The highest BCUT2D eigenvalue weighted by Gasteiger charge is 2.15. The number of nitrogens with one attached hydrogen (secondary N) is 1. The van der Waals surface area contributed by atoms with Crippen LogP contribution in [0.2, 0.25) is 0 Å². The maximum Gasteiger partial charge on any atom is 0.213 e. The molecular weight excluding hydrogens is 264 g/mol. The van der Waals surface area contributed by atoms with Crippen LogP contribution in [-0.2, 0) is 11.3 Å². The van der Waals surface area contributed by atoms with E-state index in [1.807, 2.05) is 13.0 Å². The minimum atomic E-state index is 0.116. The summed E-state index contributed by atoms with van der Waals surface area (Å²) in [7, 11) is 0. The molecule has 1 N–H and O–H groups in total. The normalized spacial score (nSPS) is 17.0. The van der Waals surface area contributed by atoms with E-state index in [4.69, 9.17) is 9.47 Å². The van der Waals surface area contributed by atoms with Crippen molar-refractivity contribution in [1.29, 1.82) is 0 Å². The van der Waals surface area contributed by atoms with Crippen molar-refractivity contribution >= 4 is 0 Å². The lowest BCUT2D eigenvalue weighted by atomic mass is 10.0. The second kappa shape index (κ2) is 7.23. The molecule has 1 saturated heterocycles. The van der Waals surface area contributed by atoms with E-state index in [0.29, 0.717) is 5.92 Å². The smallest absolute Gasteiger partial charge is 0.213 e. The van der Waals surface area contributed by atoms with Crippen LogP contribution in [0.5, 0.6) is 5.88 Å². The van der Waals surface area contributed by atoms with Crippen LogP contribution >= 0.6 is 0 Å². The predicted molar refractivity (Wildman–Crippen MR) is 84.6 cm³/mol. The fourth-order valence-electron chi connectivity index (χ4n) is 2.31. The van der Waals surface area contributed by atoms with Gasteiger partial charge in [0, 0.05) is 37.1 Å². The summed E-state index contributed by atoms with van der Waals surface area (Å²) in [6, 6.07) is 4.09. The van der Waals surface area contributed by atoms with E-state index >= 15 is 0 Å². The molecule has 4 heteroatoms. The van der Waals surface area contributed by atoms with Crippen molar-refractivity contribution in [2.45, 2.75) is 52.6 Å². The molecule has 21 heavy (non-hydrogen) atoms. The highest BCUT2D eigenvalue weighted by molar-refractivity contribution is 5.25. The fourth-order valence-corrected chi connectivity index (χ4v) is 2.31. The Hall–Kier alpha value is -1.13. The van der Waals surface area contributed by atoms with Crippen molar-refractivity contribution in [2.75, 3.05) is 19.8 Å². The first-order valence-corrected chi connectivity index (χ1v) is 7.86. The third kappa shape index (κ3) is 5.64. The van der Waals surface area contributed by atoms with Crippen molar-refractivity contribution in [3.63, 3.8) is 0 Å². The zero-order valence-electron chi connectivity index (χ0n) is 13.7. The Morgan fingerprint density at radius 3 is 2.62 bits per heavy atom. The zero-order chi connectivity index (χ0) is 15.3. The summed E-state index contributed by atoms with van der Waals surface area (Å²) in [5.74, 6) is 1.33. The first kappa shape index (κ1) is 16.2. The lowest BCUT2D eigenvalue weighted by Crippen LogP contribution is -2.35. The molecule has 0 bridgehead atoms. The van der Waals surface area contributed by atoms with Gasteiger partial charge in [-0.3, -0.25) is 0 Å². The van der Waals surface area contributed by atoms with E-state index in [0.717, 1.165) is 50.8 Å². The summed E-state index contributed by atoms with van der Waals surface area (Å²) in [6.07, 6.45) is 2.18. The first-order valence-electron chi connectivity index (χ1n) is 7.86. The maximum absolute atomic E-state index is 5.84. The molecule has 0 spiro atoms. The molecule has 1 aromatic rings. The summed E-state index contributed by atoms with van der Waals surface area (Å²) < 4.78 is 11.2. The van der Waals surface area contributed by atoms with E-state index in [9.17, 15) is 0 Å². The molecule has 2 heterocycles. The van der Waals surface area contributed by atoms with Gasteiger partial charge in [-0.2, -0.15) is 0 Å². The van der Waals surface area contributed by atoms with Crippen LogP contribution in [0.3, 0.4) is 0 Å². The topological polar surface area (TPSA) is 43.4 Å². The van der Waals surface area contributed by atoms with Crippen molar-refractivity contribution in [2.24, 2.45) is 5.92 Å². The van der Waals surface area contributed by atoms with E-state index in [2.05, 4.69) is 37.1 Å². The van der Waals surface area contributed by atoms with Crippen LogP contribution in [0.4, 0.5) is 0 Å². The molecule has 0 amide bonds. The second-order valence-corrected chi connectivity index (χ2v) is 6.86. The van der Waals surface area contributed by atoms with Crippen LogP contribution in [0, 0.1) is 12.8 Å². The number of pyridine rings is 1. The lowest BCUT2D eigenvalue weighted by Gasteiger charge is -2.22. The number of hydrogen-bond donors (Lipinski definition) is 1. The SMILES string of the molecule is Cc1nc(OCC2CCOCC2)ccc1CNC(C)(C)C. The average Bonchev–Trinajstić information content (AvgIpc) is 2.44. The highest BCUT2D eigenvalue weighted by Crippen LogP contribution is 2.18. The Balaban J connectivity index is 1.86. The molecule has 1 fully saturated rings. The third-order valence-electron chi connectivity index (χ3n) is 3.79. The van der Waals surface area contributed by atoms with Crippen LogP contribution in [0.1, 0.15) is 44.9 Å². The van der Waals surface area contributed by atoms with Gasteiger partial charge >= 0.3 is 0 Å². The Morgan fingerprint density at radius 2 is 2.00 bits per heavy atom. The molecule has 0 aromatic carbocycles. The molecule has 1 aliphatic heterocycles. The number of ether oxygens (including phenoxy) is 2. The third-order valence-corrected chi connectivity index (χ3v) is 3.79. The molecule has 4 nitrogen and oxygen atoms in total. The Morgan fingerprint density at radius 1 is 1.29 bits per heavy atom. The maximum atomic E-state index is 5.84. The summed E-state index contributed by atoms with van der Waals surface area (Å²) >= 11 is 0. The van der Waals surface area contributed by atoms with Crippen LogP contribution in [0.15, 0.2) is 12.1 Å². The Kier molecular flexibility index (Phi) is 5.59. The highest BCUT2D eigenvalue weighted by atomic mass is 16.5. The molecule has 0 aliphatic carbocycles. The molecule has 0 saturated carbocycles. The quantitative estimate of drug-likeness (QED) is 0.905. The summed E-state index contributed by atoms with van der Waals surface area (Å²) in [5.41, 5.74) is 2.38. The summed E-state index contributed by atoms with van der Waals surface area (Å²) in [4.78, 5) is 4.56. The van der Waals surface area contributed by atoms with E-state index < -0.39 is 0 Å². The molecule has 0 radical (unpaired) electrons. The van der Waals surface area contributed by atoms with Crippen LogP contribution in [0.25, 0.3) is 0 Å². The van der Waals surface area contributed by atoms with Gasteiger partial charge in [0.2, 0.25) is 5.88 Å². The van der Waals surface area contributed by atoms with E-state index in [1.165, 1.54) is 5.56 Å². The van der Waals surface area contributed by atoms with E-state index in [1.54, 1.807) is 0 Å². The van der Waals surface area contributed by atoms with Gasteiger partial charge in [0.1, 0.15) is 0 Å². The van der Waals surface area contributed by atoms with Crippen LogP contribution < -0.4 is 10.1 Å². The van der Waals surface area contributed by atoms with Gasteiger partial charge in [-0.1, -0.05) is 6.07 Å². The van der Waals surface area contributed by atoms with Gasteiger partial charge in [0.15, 0.2) is 0 Å². The molecular formula is C17H28N2O2. The van der Waals surface area contributed by atoms with Gasteiger partial charge in [0.25, 0.3) is 0 Å². The average molecular weight is 292 g/mol. The minimum Gasteiger partial charge on any atom is -0.477 e. The van der Waals surface area contributed by atoms with E-state index in [-0.39, 0.29) is 5.54 Å². The predicted octanol–water partition coefficient (Wildman–Crippen LogP) is 3.08. The molecule has 1 aliphatic rings. The fraction of sp³-hybridized carbons (Fsp3) is 0.706. The number of rotatable bonds is 5. The zero-order valence-corrected chi connectivity index (χ0v) is 13.7. The van der Waals surface area contributed by atoms with Crippen molar-refractivity contribution in [3.8, 4) is 5.88 Å². The van der Waals surface area contributed by atoms with Gasteiger partial charge in [-0.25, -0.2) is 4.98 Å². The van der Waals surface area contributed by atoms with Crippen molar-refractivity contribution < 1.29 is 9.47 Å². The van der Waals surface area contributed by atoms with Gasteiger partial charge < -0.3 is 14.8 Å². The molecule has 118 valence electrons. The lowest BCUT2D eigenvalue weighted by molar-refractivity contribution is 0.0490.